The Morgan fingerprint density at radius 3 is 2.43 bits per heavy atom. The van der Waals surface area contributed by atoms with Crippen molar-refractivity contribution < 1.29 is 19.0 Å². The van der Waals surface area contributed by atoms with Crippen LogP contribution in [0.5, 0.6) is 17.2 Å². The van der Waals surface area contributed by atoms with E-state index in [9.17, 15) is 4.79 Å². The number of carbonyl (C=O) groups is 1. The predicted octanol–water partition coefficient (Wildman–Crippen LogP) is 4.92. The van der Waals surface area contributed by atoms with Gasteiger partial charge in [-0.15, -0.1) is 0 Å². The van der Waals surface area contributed by atoms with Crippen LogP contribution >= 0.6 is 11.6 Å². The summed E-state index contributed by atoms with van der Waals surface area (Å²) >= 11 is 6.23. The third-order valence-electron chi connectivity index (χ3n) is 5.46. The number of hydrogen-bond acceptors (Lipinski definition) is 5. The van der Waals surface area contributed by atoms with Crippen LogP contribution in [-0.4, -0.2) is 45.2 Å². The Labute approximate surface area is 183 Å². The Bertz CT molecular complexity index is 857. The minimum atomic E-state index is -0.102. The largest absolute Gasteiger partial charge is 0.497 e. The van der Waals surface area contributed by atoms with Gasteiger partial charge in [-0.25, -0.2) is 0 Å². The first-order valence-electron chi connectivity index (χ1n) is 10.1. The molecule has 1 amide bonds. The Morgan fingerprint density at radius 2 is 1.77 bits per heavy atom. The van der Waals surface area contributed by atoms with Gasteiger partial charge >= 0.3 is 0 Å². The van der Waals surface area contributed by atoms with Crippen molar-refractivity contribution in [2.24, 2.45) is 0 Å². The first-order valence-corrected chi connectivity index (χ1v) is 10.5. The molecule has 0 unspecified atom stereocenters. The van der Waals surface area contributed by atoms with Crippen molar-refractivity contribution >= 4 is 23.2 Å². The number of hydrogen-bond donors (Lipinski definition) is 1. The van der Waals surface area contributed by atoms with Crippen LogP contribution in [0.1, 0.15) is 37.3 Å². The van der Waals surface area contributed by atoms with Crippen molar-refractivity contribution in [3.05, 3.63) is 47.0 Å². The lowest BCUT2D eigenvalue weighted by Gasteiger charge is -2.30. The zero-order chi connectivity index (χ0) is 21.5. The van der Waals surface area contributed by atoms with Gasteiger partial charge in [0, 0.05) is 12.1 Å². The monoisotopic (exact) mass is 432 g/mol. The van der Waals surface area contributed by atoms with E-state index >= 15 is 0 Å². The van der Waals surface area contributed by atoms with Gasteiger partial charge in [0.2, 0.25) is 5.91 Å². The first-order chi connectivity index (χ1) is 14.5. The molecule has 30 heavy (non-hydrogen) atoms. The van der Waals surface area contributed by atoms with E-state index < -0.39 is 0 Å². The molecule has 1 heterocycles. The summed E-state index contributed by atoms with van der Waals surface area (Å²) in [7, 11) is 4.75. The highest BCUT2D eigenvalue weighted by atomic mass is 35.5. The minimum Gasteiger partial charge on any atom is -0.497 e. The van der Waals surface area contributed by atoms with Crippen molar-refractivity contribution in [3.63, 3.8) is 0 Å². The first kappa shape index (κ1) is 22.2. The number of amides is 1. The Kier molecular flexibility index (Phi) is 7.82. The standard InChI is InChI=1S/C23H29ClN2O4/c1-28-17-10-8-16(9-11-17)20-7-5-4-6-12-26(20)15-23(27)25-19-13-18(24)21(29-2)14-22(19)30-3/h8-11,13-14,20H,4-7,12,15H2,1-3H3,(H,25,27)/t20-/m1/s1. The maximum atomic E-state index is 12.9. The molecule has 162 valence electrons. The van der Waals surface area contributed by atoms with Crippen LogP contribution in [0, 0.1) is 0 Å². The molecule has 0 bridgehead atoms. The van der Waals surface area contributed by atoms with Crippen LogP contribution in [0.4, 0.5) is 5.69 Å². The summed E-state index contributed by atoms with van der Waals surface area (Å²) in [5.74, 6) is 1.74. The molecule has 6 nitrogen and oxygen atoms in total. The minimum absolute atomic E-state index is 0.102. The fraction of sp³-hybridized carbons (Fsp3) is 0.435. The number of methoxy groups -OCH3 is 3. The number of benzene rings is 2. The summed E-state index contributed by atoms with van der Waals surface area (Å²) < 4.78 is 15.9. The number of rotatable bonds is 7. The molecular formula is C23H29ClN2O4. The molecule has 3 rings (SSSR count). The average molecular weight is 433 g/mol. The van der Waals surface area contributed by atoms with Crippen LogP contribution in [0.15, 0.2) is 36.4 Å². The Morgan fingerprint density at radius 1 is 1.03 bits per heavy atom. The summed E-state index contributed by atoms with van der Waals surface area (Å²) in [6.45, 7) is 1.17. The second-order valence-corrected chi connectivity index (χ2v) is 7.75. The van der Waals surface area contributed by atoms with Crippen molar-refractivity contribution in [2.75, 3.05) is 39.7 Å². The molecule has 0 aromatic heterocycles. The van der Waals surface area contributed by atoms with Gasteiger partial charge < -0.3 is 19.5 Å². The molecule has 1 N–H and O–H groups in total. The Hall–Kier alpha value is -2.44. The predicted molar refractivity (Wildman–Crippen MR) is 119 cm³/mol. The molecule has 1 aliphatic rings. The summed E-state index contributed by atoms with van der Waals surface area (Å²) in [5.41, 5.74) is 1.74. The quantitative estimate of drug-likeness (QED) is 0.672. The lowest BCUT2D eigenvalue weighted by atomic mass is 10.0. The fourth-order valence-corrected chi connectivity index (χ4v) is 4.13. The molecule has 0 radical (unpaired) electrons. The smallest absolute Gasteiger partial charge is 0.238 e. The maximum Gasteiger partial charge on any atom is 0.238 e. The number of anilines is 1. The number of ether oxygens (including phenoxy) is 3. The van der Waals surface area contributed by atoms with E-state index in [0.717, 1.165) is 31.6 Å². The third-order valence-corrected chi connectivity index (χ3v) is 5.75. The number of nitrogens with zero attached hydrogens (tertiary/aromatic N) is 1. The van der Waals surface area contributed by atoms with Crippen LogP contribution < -0.4 is 19.5 Å². The van der Waals surface area contributed by atoms with E-state index in [-0.39, 0.29) is 11.9 Å². The summed E-state index contributed by atoms with van der Waals surface area (Å²) in [5, 5.41) is 3.36. The summed E-state index contributed by atoms with van der Waals surface area (Å²) in [6.07, 6.45) is 4.43. The normalized spacial score (nSPS) is 17.1. The van der Waals surface area contributed by atoms with Gasteiger partial charge in [-0.1, -0.05) is 36.6 Å². The summed E-state index contributed by atoms with van der Waals surface area (Å²) in [6, 6.07) is 11.7. The summed E-state index contributed by atoms with van der Waals surface area (Å²) in [4.78, 5) is 15.2. The molecule has 2 aromatic rings. The molecule has 0 aliphatic carbocycles. The van der Waals surface area contributed by atoms with Crippen LogP contribution in [-0.2, 0) is 4.79 Å². The van der Waals surface area contributed by atoms with E-state index in [1.54, 1.807) is 26.4 Å². The van der Waals surface area contributed by atoms with E-state index in [1.807, 2.05) is 12.1 Å². The van der Waals surface area contributed by atoms with Crippen molar-refractivity contribution in [1.29, 1.82) is 0 Å². The highest BCUT2D eigenvalue weighted by molar-refractivity contribution is 6.32. The van der Waals surface area contributed by atoms with E-state index in [0.29, 0.717) is 28.8 Å². The van der Waals surface area contributed by atoms with Crippen molar-refractivity contribution in [3.8, 4) is 17.2 Å². The van der Waals surface area contributed by atoms with E-state index in [2.05, 4.69) is 22.3 Å². The van der Waals surface area contributed by atoms with Gasteiger partial charge in [-0.05, 0) is 43.1 Å². The molecule has 0 spiro atoms. The van der Waals surface area contributed by atoms with Crippen molar-refractivity contribution in [2.45, 2.75) is 31.7 Å². The molecular weight excluding hydrogens is 404 g/mol. The third kappa shape index (κ3) is 5.37. The van der Waals surface area contributed by atoms with Gasteiger partial charge in [0.15, 0.2) is 0 Å². The van der Waals surface area contributed by atoms with Crippen molar-refractivity contribution in [1.82, 2.24) is 4.90 Å². The lowest BCUT2D eigenvalue weighted by molar-refractivity contribution is -0.117. The molecule has 1 aliphatic heterocycles. The fourth-order valence-electron chi connectivity index (χ4n) is 3.89. The Balaban J connectivity index is 1.75. The van der Waals surface area contributed by atoms with E-state index in [1.165, 1.54) is 19.1 Å². The maximum absolute atomic E-state index is 12.9. The SMILES string of the molecule is COc1ccc([C@H]2CCCCCN2CC(=O)Nc2cc(Cl)c(OC)cc2OC)cc1. The van der Waals surface area contributed by atoms with Gasteiger partial charge in [0.1, 0.15) is 17.2 Å². The second kappa shape index (κ2) is 10.5. The van der Waals surface area contributed by atoms with E-state index in [4.69, 9.17) is 25.8 Å². The molecule has 1 saturated heterocycles. The molecule has 2 aromatic carbocycles. The van der Waals surface area contributed by atoms with Gasteiger partial charge in [-0.2, -0.15) is 0 Å². The zero-order valence-electron chi connectivity index (χ0n) is 17.7. The molecule has 1 atom stereocenters. The van der Waals surface area contributed by atoms with Gasteiger partial charge in [0.05, 0.1) is 38.6 Å². The number of likely N-dealkylation sites (tertiary alicyclic amines) is 1. The lowest BCUT2D eigenvalue weighted by Crippen LogP contribution is -2.36. The number of halogens is 1. The van der Waals surface area contributed by atoms with Crippen LogP contribution in [0.2, 0.25) is 5.02 Å². The molecule has 0 saturated carbocycles. The van der Waals surface area contributed by atoms with Gasteiger partial charge in [0.25, 0.3) is 0 Å². The second-order valence-electron chi connectivity index (χ2n) is 7.34. The van der Waals surface area contributed by atoms with Crippen LogP contribution in [0.25, 0.3) is 0 Å². The molecule has 1 fully saturated rings. The number of carbonyl (C=O) groups excluding carboxylic acids is 1. The highest BCUT2D eigenvalue weighted by Crippen LogP contribution is 2.36. The van der Waals surface area contributed by atoms with Gasteiger partial charge in [-0.3, -0.25) is 9.69 Å². The highest BCUT2D eigenvalue weighted by Gasteiger charge is 2.25. The number of nitrogens with one attached hydrogen (secondary N) is 1. The zero-order valence-corrected chi connectivity index (χ0v) is 18.5. The average Bonchev–Trinajstić information content (AvgIpc) is 2.99. The topological polar surface area (TPSA) is 60.0 Å². The molecule has 7 heteroatoms. The van der Waals surface area contributed by atoms with Crippen LogP contribution in [0.3, 0.4) is 0 Å².